The summed E-state index contributed by atoms with van der Waals surface area (Å²) in [5.74, 6) is -0.0769. The number of aryl methyl sites for hydroxylation is 2. The van der Waals surface area contributed by atoms with Gasteiger partial charge in [0.2, 0.25) is 5.60 Å². The van der Waals surface area contributed by atoms with Crippen LogP contribution in [0, 0.1) is 30.1 Å². The maximum absolute atomic E-state index is 16.0. The first-order chi connectivity index (χ1) is 37.8. The number of benzene rings is 4. The van der Waals surface area contributed by atoms with Gasteiger partial charge >= 0.3 is 17.9 Å². The lowest BCUT2D eigenvalue weighted by Gasteiger charge is -2.63. The molecular weight excluding hydrogens is 1020 g/mol. The maximum atomic E-state index is 16.0. The summed E-state index contributed by atoms with van der Waals surface area (Å²) < 4.78 is 56.8. The highest BCUT2D eigenvalue weighted by atomic mass is 32.2. The van der Waals surface area contributed by atoms with Crippen LogP contribution >= 0.6 is 0 Å². The fourth-order valence-electron chi connectivity index (χ4n) is 17.3. The average molecular weight is 1100 g/mol. The number of hydrogen-bond acceptors (Lipinski definition) is 13. The van der Waals surface area contributed by atoms with Gasteiger partial charge in [0.05, 0.1) is 51.9 Å². The van der Waals surface area contributed by atoms with E-state index in [1.54, 1.807) is 19.2 Å². The van der Waals surface area contributed by atoms with E-state index in [9.17, 15) is 27.7 Å². The SMILES string of the molecule is CC[C@]12C=CCN3CC[C@@]4(c5cc([C@@]6(C(=O)OC)C[C@H]7C[N+](Cc8ccccc8)(CCCc8c6[nH]c6ccccc86)C[C@H]6CCCC[C@H]67)c(OC)cc5N(C)[C@H]4[C@@](O)(C(=O)OC)[C@@H]1OC(C)=O)[C@@H]32.Cc1ccc(S(=O)(=O)[O-])cc1. The van der Waals surface area contributed by atoms with Crippen LogP contribution in [0.1, 0.15) is 98.7 Å². The number of aromatic nitrogens is 1. The van der Waals surface area contributed by atoms with Gasteiger partial charge < -0.3 is 43.0 Å². The number of likely N-dealkylation sites (N-methyl/N-ethyl adjacent to an activating group) is 1. The Bertz CT molecular complexity index is 3310. The quantitative estimate of drug-likeness (QED) is 0.0473. The molecule has 16 heteroatoms. The van der Waals surface area contributed by atoms with E-state index in [2.05, 4.69) is 89.6 Å². The Morgan fingerprint density at radius 3 is 2.28 bits per heavy atom. The third-order valence-electron chi connectivity index (χ3n) is 20.1. The summed E-state index contributed by atoms with van der Waals surface area (Å²) in [6.07, 6.45) is 11.0. The van der Waals surface area contributed by atoms with Crippen LogP contribution in [-0.4, -0.2) is 135 Å². The van der Waals surface area contributed by atoms with Crippen LogP contribution in [0.3, 0.4) is 0 Å². The Hall–Kier alpha value is -6.04. The fraction of sp³-hybridized carbons (Fsp3) is 0.508. The number of piperidine rings is 1. The number of carbonyl (C=O) groups is 3. The van der Waals surface area contributed by atoms with Gasteiger partial charge in [-0.3, -0.25) is 14.5 Å². The lowest BCUT2D eigenvalue weighted by Crippen LogP contribution is -2.81. The molecule has 4 fully saturated rings. The minimum absolute atomic E-state index is 0.169. The van der Waals surface area contributed by atoms with Crippen molar-refractivity contribution in [2.45, 2.75) is 125 Å². The lowest BCUT2D eigenvalue weighted by molar-refractivity contribution is -0.954. The molecule has 420 valence electrons. The number of nitrogens with one attached hydrogen (secondary N) is 1. The van der Waals surface area contributed by atoms with E-state index >= 15 is 4.79 Å². The van der Waals surface area contributed by atoms with E-state index in [1.165, 1.54) is 58.1 Å². The largest absolute Gasteiger partial charge is 0.744 e. The molecule has 79 heavy (non-hydrogen) atoms. The molecule has 2 N–H and O–H groups in total. The third kappa shape index (κ3) is 8.55. The van der Waals surface area contributed by atoms with E-state index < -0.39 is 56.0 Å². The Balaban J connectivity index is 0.000000538. The van der Waals surface area contributed by atoms with Crippen molar-refractivity contribution in [3.05, 3.63) is 137 Å². The molecule has 15 nitrogen and oxygen atoms in total. The van der Waals surface area contributed by atoms with Gasteiger partial charge in [0.15, 0.2) is 6.10 Å². The molecule has 5 aromatic rings. The van der Waals surface area contributed by atoms with Gasteiger partial charge in [-0.05, 0) is 93.3 Å². The number of H-pyrrole nitrogens is 1. The average Bonchev–Trinajstić information content (AvgIpc) is 4.15. The number of para-hydroxylation sites is 1. The molecule has 2 bridgehead atoms. The number of quaternary nitrogens is 1. The van der Waals surface area contributed by atoms with Crippen LogP contribution in [0.5, 0.6) is 5.75 Å². The first kappa shape index (κ1) is 54.9. The van der Waals surface area contributed by atoms with Crippen molar-refractivity contribution in [2.75, 3.05) is 66.0 Å². The number of aliphatic hydroxyl groups is 1. The van der Waals surface area contributed by atoms with E-state index in [0.717, 1.165) is 94.5 Å². The lowest BCUT2D eigenvalue weighted by atomic mass is 9.47. The van der Waals surface area contributed by atoms with Gasteiger partial charge in [0.25, 0.3) is 0 Å². The van der Waals surface area contributed by atoms with Crippen LogP contribution < -0.4 is 9.64 Å². The first-order valence-electron chi connectivity index (χ1n) is 28.3. The molecule has 5 aliphatic heterocycles. The molecular formula is C63H76N4O11S. The van der Waals surface area contributed by atoms with Gasteiger partial charge in [0, 0.05) is 95.1 Å². The molecule has 11 atom stereocenters. The van der Waals surface area contributed by atoms with Crippen molar-refractivity contribution in [1.29, 1.82) is 0 Å². The van der Waals surface area contributed by atoms with Crippen molar-refractivity contribution in [3.63, 3.8) is 0 Å². The standard InChI is InChI=1S/C56H69N4O8.C7H8O3S/c1-7-53-24-16-26-59-27-25-54(48(53)59)42-29-43(46(65-4)30-45(42)58(3)49(54)56(64,52(63)67-6)50(53)68-35(2)61)55(51(62)66-5)31-38-34-60(32-36-17-9-8-10-18-36,33-37-19-11-12-20-39(37)38)28-15-22-41-40-21-13-14-23-44(40)57-47(41)55;1-6-2-4-7(5-3-6)11(8,9)10/h8-10,13-14,16-18,21,23-24,29-30,37-39,48-50,57,64H,7,11-12,15,19-20,22,25-28,31-34H2,1-6H3;2-5H,1H3,(H,8,9,10)/q+1;/p-1/t37-,38+,39-,48+,49-,50-,53-,54-,55+,56+,60?;/m1./s1. The number of aromatic amines is 1. The van der Waals surface area contributed by atoms with Gasteiger partial charge in [-0.1, -0.05) is 98.1 Å². The van der Waals surface area contributed by atoms with Gasteiger partial charge in [-0.2, -0.15) is 0 Å². The summed E-state index contributed by atoms with van der Waals surface area (Å²) in [6, 6.07) is 28.3. The van der Waals surface area contributed by atoms with E-state index in [1.807, 2.05) is 24.9 Å². The summed E-state index contributed by atoms with van der Waals surface area (Å²) in [5, 5.41) is 14.7. The molecule has 4 aromatic carbocycles. The number of fused-ring (bicyclic) bond motifs is 8. The zero-order chi connectivity index (χ0) is 55.9. The molecule has 0 radical (unpaired) electrons. The highest BCUT2D eigenvalue weighted by Crippen LogP contribution is 2.68. The van der Waals surface area contributed by atoms with Gasteiger partial charge in [0.1, 0.15) is 27.8 Å². The van der Waals surface area contributed by atoms with E-state index in [4.69, 9.17) is 18.9 Å². The van der Waals surface area contributed by atoms with Crippen LogP contribution in [-0.2, 0) is 62.5 Å². The number of ether oxygens (including phenoxy) is 4. The molecule has 12 rings (SSSR count). The first-order valence-corrected chi connectivity index (χ1v) is 29.7. The molecule has 2 aliphatic carbocycles. The monoisotopic (exact) mass is 1100 g/mol. The number of rotatable bonds is 9. The van der Waals surface area contributed by atoms with Gasteiger partial charge in [-0.15, -0.1) is 0 Å². The molecule has 2 saturated heterocycles. The summed E-state index contributed by atoms with van der Waals surface area (Å²) in [6.45, 7) is 10.7. The van der Waals surface area contributed by atoms with Crippen molar-refractivity contribution >= 4 is 44.6 Å². The molecule has 0 amide bonds. The predicted molar refractivity (Wildman–Crippen MR) is 298 cm³/mol. The number of anilines is 1. The van der Waals surface area contributed by atoms with E-state index in [-0.39, 0.29) is 22.8 Å². The molecule has 7 aliphatic rings. The Labute approximate surface area is 464 Å². The molecule has 1 spiro atoms. The second-order valence-corrected chi connectivity index (χ2v) is 25.4. The predicted octanol–water partition coefficient (Wildman–Crippen LogP) is 8.27. The van der Waals surface area contributed by atoms with Gasteiger partial charge in [-0.25, -0.2) is 13.2 Å². The summed E-state index contributed by atoms with van der Waals surface area (Å²) in [4.78, 5) is 52.0. The van der Waals surface area contributed by atoms with Crippen LogP contribution in [0.4, 0.5) is 5.69 Å². The number of hydrogen-bond donors (Lipinski definition) is 2. The zero-order valence-electron chi connectivity index (χ0n) is 46.7. The number of carbonyl (C=O) groups excluding carboxylic acids is 3. The summed E-state index contributed by atoms with van der Waals surface area (Å²) >= 11 is 0. The van der Waals surface area contributed by atoms with E-state index in [0.29, 0.717) is 49.9 Å². The third-order valence-corrected chi connectivity index (χ3v) is 20.9. The number of esters is 3. The van der Waals surface area contributed by atoms with Crippen molar-refractivity contribution in [1.82, 2.24) is 9.88 Å². The Morgan fingerprint density at radius 1 is 0.873 bits per heavy atom. The Kier molecular flexibility index (Phi) is 14.2. The molecule has 2 saturated carbocycles. The molecule has 6 heterocycles. The number of methoxy groups -OCH3 is 3. The highest BCUT2D eigenvalue weighted by molar-refractivity contribution is 7.85. The minimum Gasteiger partial charge on any atom is -0.744 e. The molecule has 1 aromatic heterocycles. The zero-order valence-corrected chi connectivity index (χ0v) is 47.5. The maximum Gasteiger partial charge on any atom is 0.344 e. The fourth-order valence-corrected chi connectivity index (χ4v) is 17.8. The van der Waals surface area contributed by atoms with Crippen molar-refractivity contribution in [3.8, 4) is 5.75 Å². The topological polar surface area (TPSA) is 188 Å². The van der Waals surface area contributed by atoms with Crippen molar-refractivity contribution in [2.24, 2.45) is 23.2 Å². The Morgan fingerprint density at radius 2 is 1.58 bits per heavy atom. The second kappa shape index (κ2) is 20.5. The second-order valence-electron chi connectivity index (χ2n) is 24.0. The summed E-state index contributed by atoms with van der Waals surface area (Å²) in [7, 11) is 2.14. The van der Waals surface area contributed by atoms with Crippen LogP contribution in [0.2, 0.25) is 0 Å². The highest BCUT2D eigenvalue weighted by Gasteiger charge is 2.80. The van der Waals surface area contributed by atoms with Crippen molar-refractivity contribution < 1.29 is 55.9 Å². The summed E-state index contributed by atoms with van der Waals surface area (Å²) in [5.41, 5.74) is 2.24. The van der Waals surface area contributed by atoms with Crippen LogP contribution in [0.15, 0.2) is 108 Å². The smallest absolute Gasteiger partial charge is 0.344 e. The number of nitrogens with zero attached hydrogens (tertiary/aromatic N) is 3. The van der Waals surface area contributed by atoms with Crippen LogP contribution in [0.25, 0.3) is 10.9 Å². The normalized spacial score (nSPS) is 32.4. The molecule has 1 unspecified atom stereocenters. The minimum atomic E-state index is -4.27.